The molecule has 3 rings (SSSR count). The van der Waals surface area contributed by atoms with Gasteiger partial charge in [0.15, 0.2) is 0 Å². The third kappa shape index (κ3) is 1.16. The van der Waals surface area contributed by atoms with E-state index in [1.165, 1.54) is 0 Å². The molecule has 1 aromatic carbocycles. The molecule has 2 aliphatic rings. The van der Waals surface area contributed by atoms with Crippen LogP contribution in [-0.2, 0) is 9.53 Å². The van der Waals surface area contributed by atoms with Crippen LogP contribution >= 0.6 is 0 Å². The van der Waals surface area contributed by atoms with Gasteiger partial charge in [0.2, 0.25) is 5.66 Å². The number of carbonyl (C=O) groups excluding carboxylic acids is 2. The predicted molar refractivity (Wildman–Crippen MR) is 65.2 cm³/mol. The fourth-order valence-corrected chi connectivity index (χ4v) is 2.64. The molecule has 0 spiro atoms. The highest BCUT2D eigenvalue weighted by Crippen LogP contribution is 2.37. The second kappa shape index (κ2) is 3.48. The SMILES string of the molecule is CN1c2ccccc2C(=O)N2CCOC(=O)C21C. The first-order valence-corrected chi connectivity index (χ1v) is 5.89. The molecule has 1 unspecified atom stereocenters. The number of hydrogen-bond acceptors (Lipinski definition) is 4. The number of carbonyl (C=O) groups is 2. The number of cyclic esters (lactones) is 1. The molecular formula is C13H14N2O3. The molecule has 0 radical (unpaired) electrons. The van der Waals surface area contributed by atoms with Crippen molar-refractivity contribution in [2.24, 2.45) is 0 Å². The molecule has 0 aliphatic carbocycles. The Hall–Kier alpha value is -2.04. The summed E-state index contributed by atoms with van der Waals surface area (Å²) in [6, 6.07) is 7.32. The number of likely N-dealkylation sites (N-methyl/N-ethyl adjacent to an activating group) is 1. The smallest absolute Gasteiger partial charge is 0.353 e. The third-order valence-electron chi connectivity index (χ3n) is 3.85. The number of benzene rings is 1. The summed E-state index contributed by atoms with van der Waals surface area (Å²) < 4.78 is 5.11. The van der Waals surface area contributed by atoms with Gasteiger partial charge >= 0.3 is 5.97 Å². The highest BCUT2D eigenvalue weighted by atomic mass is 16.5. The number of ether oxygens (including phenoxy) is 1. The summed E-state index contributed by atoms with van der Waals surface area (Å²) >= 11 is 0. The van der Waals surface area contributed by atoms with Gasteiger partial charge in [-0.25, -0.2) is 4.79 Å². The lowest BCUT2D eigenvalue weighted by molar-refractivity contribution is -0.164. The molecule has 5 nitrogen and oxygen atoms in total. The molecule has 2 heterocycles. The summed E-state index contributed by atoms with van der Waals surface area (Å²) in [6.07, 6.45) is 0. The number of nitrogens with zero attached hydrogens (tertiary/aromatic N) is 2. The number of amides is 1. The average Bonchev–Trinajstić information content (AvgIpc) is 2.39. The van der Waals surface area contributed by atoms with Gasteiger partial charge in [-0.3, -0.25) is 4.79 Å². The van der Waals surface area contributed by atoms with Gasteiger partial charge in [0.25, 0.3) is 5.91 Å². The van der Waals surface area contributed by atoms with Crippen LogP contribution in [0.25, 0.3) is 0 Å². The van der Waals surface area contributed by atoms with E-state index in [-0.39, 0.29) is 18.5 Å². The molecule has 0 saturated carbocycles. The van der Waals surface area contributed by atoms with E-state index in [1.807, 2.05) is 30.1 Å². The summed E-state index contributed by atoms with van der Waals surface area (Å²) in [4.78, 5) is 27.9. The van der Waals surface area contributed by atoms with Crippen molar-refractivity contribution >= 4 is 17.6 Å². The Morgan fingerprint density at radius 3 is 2.78 bits per heavy atom. The van der Waals surface area contributed by atoms with Gasteiger partial charge in [0.05, 0.1) is 17.8 Å². The fraction of sp³-hybridized carbons (Fsp3) is 0.385. The summed E-state index contributed by atoms with van der Waals surface area (Å²) in [5.41, 5.74) is 0.358. The molecule has 18 heavy (non-hydrogen) atoms. The summed E-state index contributed by atoms with van der Waals surface area (Å²) in [7, 11) is 1.81. The minimum atomic E-state index is -1.04. The Labute approximate surface area is 105 Å². The lowest BCUT2D eigenvalue weighted by atomic mass is 9.97. The van der Waals surface area contributed by atoms with E-state index in [1.54, 1.807) is 17.9 Å². The Morgan fingerprint density at radius 2 is 2.00 bits per heavy atom. The minimum Gasteiger partial charge on any atom is -0.461 e. The number of hydrogen-bond donors (Lipinski definition) is 0. The van der Waals surface area contributed by atoms with E-state index in [0.29, 0.717) is 12.1 Å². The molecule has 2 aliphatic heterocycles. The van der Waals surface area contributed by atoms with Crippen molar-refractivity contribution in [3.05, 3.63) is 29.8 Å². The lowest BCUT2D eigenvalue weighted by Crippen LogP contribution is -2.70. The molecule has 1 aromatic rings. The van der Waals surface area contributed by atoms with E-state index in [0.717, 1.165) is 5.69 Å². The van der Waals surface area contributed by atoms with Crippen LogP contribution in [0.4, 0.5) is 5.69 Å². The number of para-hydroxylation sites is 1. The summed E-state index contributed by atoms with van der Waals surface area (Å²) in [5, 5.41) is 0. The largest absolute Gasteiger partial charge is 0.461 e. The van der Waals surface area contributed by atoms with Gasteiger partial charge in [0, 0.05) is 7.05 Å². The second-order valence-corrected chi connectivity index (χ2v) is 4.69. The highest BCUT2D eigenvalue weighted by molar-refractivity contribution is 6.06. The van der Waals surface area contributed by atoms with Crippen molar-refractivity contribution in [1.82, 2.24) is 4.90 Å². The van der Waals surface area contributed by atoms with Gasteiger partial charge in [-0.15, -0.1) is 0 Å². The first kappa shape index (κ1) is 11.1. The maximum absolute atomic E-state index is 12.4. The maximum atomic E-state index is 12.4. The van der Waals surface area contributed by atoms with E-state index in [4.69, 9.17) is 4.74 Å². The van der Waals surface area contributed by atoms with Crippen molar-refractivity contribution in [3.8, 4) is 0 Å². The molecule has 0 N–H and O–H groups in total. The molecule has 1 amide bonds. The van der Waals surface area contributed by atoms with Crippen molar-refractivity contribution < 1.29 is 14.3 Å². The summed E-state index contributed by atoms with van der Waals surface area (Å²) in [5.74, 6) is -0.484. The van der Waals surface area contributed by atoms with E-state index >= 15 is 0 Å². The van der Waals surface area contributed by atoms with Crippen molar-refractivity contribution in [3.63, 3.8) is 0 Å². The van der Waals surface area contributed by atoms with Crippen molar-refractivity contribution in [2.75, 3.05) is 25.1 Å². The molecule has 5 heteroatoms. The van der Waals surface area contributed by atoms with Crippen LogP contribution in [0.15, 0.2) is 24.3 Å². The molecule has 1 fully saturated rings. The monoisotopic (exact) mass is 246 g/mol. The maximum Gasteiger partial charge on any atom is 0.353 e. The first-order valence-electron chi connectivity index (χ1n) is 5.89. The number of esters is 1. The van der Waals surface area contributed by atoms with Gasteiger partial charge in [-0.2, -0.15) is 0 Å². The molecular weight excluding hydrogens is 232 g/mol. The van der Waals surface area contributed by atoms with E-state index in [2.05, 4.69) is 0 Å². The van der Waals surface area contributed by atoms with Crippen LogP contribution in [-0.4, -0.2) is 42.6 Å². The zero-order valence-electron chi connectivity index (χ0n) is 10.3. The van der Waals surface area contributed by atoms with E-state index in [9.17, 15) is 9.59 Å². The van der Waals surface area contributed by atoms with Crippen molar-refractivity contribution in [1.29, 1.82) is 0 Å². The molecule has 1 saturated heterocycles. The third-order valence-corrected chi connectivity index (χ3v) is 3.85. The van der Waals surface area contributed by atoms with Crippen molar-refractivity contribution in [2.45, 2.75) is 12.6 Å². The highest BCUT2D eigenvalue weighted by Gasteiger charge is 2.53. The Balaban J connectivity index is 2.21. The van der Waals surface area contributed by atoms with Crippen LogP contribution in [0.3, 0.4) is 0 Å². The molecule has 0 bridgehead atoms. The predicted octanol–water partition coefficient (Wildman–Crippen LogP) is 0.852. The number of morpholine rings is 1. The summed E-state index contributed by atoms with van der Waals surface area (Å²) in [6.45, 7) is 2.41. The van der Waals surface area contributed by atoms with Gasteiger partial charge in [-0.1, -0.05) is 12.1 Å². The number of rotatable bonds is 0. The Bertz CT molecular complexity index is 543. The molecule has 94 valence electrons. The minimum absolute atomic E-state index is 0.108. The van der Waals surface area contributed by atoms with Crippen LogP contribution in [0.5, 0.6) is 0 Å². The molecule has 1 atom stereocenters. The van der Waals surface area contributed by atoms with Crippen LogP contribution in [0.2, 0.25) is 0 Å². The topological polar surface area (TPSA) is 49.9 Å². The van der Waals surface area contributed by atoms with Gasteiger partial charge < -0.3 is 14.5 Å². The fourth-order valence-electron chi connectivity index (χ4n) is 2.64. The lowest BCUT2D eigenvalue weighted by Gasteiger charge is -2.51. The number of fused-ring (bicyclic) bond motifs is 2. The Morgan fingerprint density at radius 1 is 1.28 bits per heavy atom. The van der Waals surface area contributed by atoms with E-state index < -0.39 is 5.66 Å². The zero-order valence-corrected chi connectivity index (χ0v) is 10.3. The standard InChI is InChI=1S/C13H14N2O3/c1-13-12(17)18-8-7-15(13)11(16)9-5-3-4-6-10(9)14(13)2/h3-6H,7-8H2,1-2H3. The van der Waals surface area contributed by atoms with Gasteiger partial charge in [-0.05, 0) is 19.1 Å². The van der Waals surface area contributed by atoms with Crippen LogP contribution in [0, 0.1) is 0 Å². The average molecular weight is 246 g/mol. The molecule has 0 aromatic heterocycles. The Kier molecular flexibility index (Phi) is 2.14. The quantitative estimate of drug-likeness (QED) is 0.637. The zero-order chi connectivity index (χ0) is 12.9. The second-order valence-electron chi connectivity index (χ2n) is 4.69. The van der Waals surface area contributed by atoms with Gasteiger partial charge in [0.1, 0.15) is 6.61 Å². The normalized spacial score (nSPS) is 26.6. The first-order chi connectivity index (χ1) is 8.56. The van der Waals surface area contributed by atoms with Crippen LogP contribution < -0.4 is 4.90 Å². The number of anilines is 1. The van der Waals surface area contributed by atoms with Crippen LogP contribution in [0.1, 0.15) is 17.3 Å².